The number of nitrogens with one attached hydrogen (secondary N) is 1. The van der Waals surface area contributed by atoms with Crippen molar-refractivity contribution in [3.8, 4) is 0 Å². The molecule has 0 aliphatic heterocycles. The predicted octanol–water partition coefficient (Wildman–Crippen LogP) is -0.0669. The lowest BCUT2D eigenvalue weighted by molar-refractivity contribution is -0.152. The number of hydrogen-bond donors (Lipinski definition) is 2. The van der Waals surface area contributed by atoms with E-state index < -0.39 is 32.0 Å². The first-order valence-electron chi connectivity index (χ1n) is 5.28. The van der Waals surface area contributed by atoms with E-state index in [1.54, 1.807) is 0 Å². The molecule has 1 fully saturated rings. The molecule has 0 aromatic heterocycles. The van der Waals surface area contributed by atoms with Gasteiger partial charge in [-0.05, 0) is 33.1 Å². The van der Waals surface area contributed by atoms with Gasteiger partial charge < -0.3 is 10.4 Å². The summed E-state index contributed by atoms with van der Waals surface area (Å²) in [6.07, 6.45) is 2.36. The van der Waals surface area contributed by atoms with Crippen LogP contribution in [0, 0.1) is 0 Å². The van der Waals surface area contributed by atoms with Crippen LogP contribution in [0.3, 0.4) is 0 Å². The average molecular weight is 263 g/mol. The Kier molecular flexibility index (Phi) is 3.26. The quantitative estimate of drug-likeness (QED) is 0.739. The fourth-order valence-electron chi connectivity index (χ4n) is 1.46. The van der Waals surface area contributed by atoms with Gasteiger partial charge in [0.05, 0.1) is 0 Å². The van der Waals surface area contributed by atoms with Crippen LogP contribution >= 0.6 is 0 Å². The van der Waals surface area contributed by atoms with Crippen LogP contribution in [0.1, 0.15) is 33.1 Å². The molecule has 0 saturated heterocycles. The first-order chi connectivity index (χ1) is 7.53. The smallest absolute Gasteiger partial charge is 0.329 e. The molecule has 0 radical (unpaired) electrons. The Morgan fingerprint density at radius 3 is 2.00 bits per heavy atom. The standard InChI is InChI=1S/C10H17NO5S/c1-9(2,17(3,15)16)7(12)11-10(8(13)14)5-4-6-10/h4-6H2,1-3H3,(H,11,12)(H,13,14). The summed E-state index contributed by atoms with van der Waals surface area (Å²) in [4.78, 5) is 22.9. The number of carbonyl (C=O) groups excluding carboxylic acids is 1. The maximum Gasteiger partial charge on any atom is 0.329 e. The summed E-state index contributed by atoms with van der Waals surface area (Å²) in [5, 5.41) is 11.4. The highest BCUT2D eigenvalue weighted by Gasteiger charge is 2.49. The van der Waals surface area contributed by atoms with Crippen molar-refractivity contribution in [2.24, 2.45) is 0 Å². The van der Waals surface area contributed by atoms with Crippen LogP contribution in [-0.2, 0) is 19.4 Å². The summed E-state index contributed by atoms with van der Waals surface area (Å²) < 4.78 is 21.3. The summed E-state index contributed by atoms with van der Waals surface area (Å²) in [6.45, 7) is 2.54. The van der Waals surface area contributed by atoms with Crippen molar-refractivity contribution in [3.05, 3.63) is 0 Å². The third kappa shape index (κ3) is 2.29. The van der Waals surface area contributed by atoms with Crippen molar-refractivity contribution < 1.29 is 23.1 Å². The number of carboxylic acid groups (broad SMARTS) is 1. The summed E-state index contributed by atoms with van der Waals surface area (Å²) in [7, 11) is -3.59. The van der Waals surface area contributed by atoms with E-state index in [4.69, 9.17) is 5.11 Å². The molecule has 6 nitrogen and oxygen atoms in total. The largest absolute Gasteiger partial charge is 0.480 e. The van der Waals surface area contributed by atoms with Crippen molar-refractivity contribution in [1.29, 1.82) is 0 Å². The maximum atomic E-state index is 11.9. The number of carbonyl (C=O) groups is 2. The molecule has 0 aromatic carbocycles. The SMILES string of the molecule is CC(C)(C(=O)NC1(C(=O)O)CCC1)S(C)(=O)=O. The molecule has 17 heavy (non-hydrogen) atoms. The number of hydrogen-bond acceptors (Lipinski definition) is 4. The zero-order chi connectivity index (χ0) is 13.5. The fourth-order valence-corrected chi connectivity index (χ4v) is 1.85. The molecule has 0 atom stereocenters. The van der Waals surface area contributed by atoms with Gasteiger partial charge in [-0.1, -0.05) is 0 Å². The molecule has 0 bridgehead atoms. The number of carboxylic acids is 1. The molecule has 0 aromatic rings. The predicted molar refractivity (Wildman–Crippen MR) is 61.3 cm³/mol. The van der Waals surface area contributed by atoms with Crippen LogP contribution in [0.2, 0.25) is 0 Å². The van der Waals surface area contributed by atoms with Crippen LogP contribution in [-0.4, -0.2) is 41.9 Å². The van der Waals surface area contributed by atoms with E-state index in [0.29, 0.717) is 19.3 Å². The molecule has 1 saturated carbocycles. The first-order valence-corrected chi connectivity index (χ1v) is 7.18. The maximum absolute atomic E-state index is 11.9. The van der Waals surface area contributed by atoms with E-state index >= 15 is 0 Å². The molecule has 1 amide bonds. The second kappa shape index (κ2) is 3.97. The van der Waals surface area contributed by atoms with Gasteiger partial charge in [0.15, 0.2) is 9.84 Å². The van der Waals surface area contributed by atoms with E-state index in [9.17, 15) is 18.0 Å². The Labute approximate surface area is 100 Å². The lowest BCUT2D eigenvalue weighted by atomic mass is 9.76. The molecule has 0 heterocycles. The van der Waals surface area contributed by atoms with Crippen molar-refractivity contribution >= 4 is 21.7 Å². The molecule has 2 N–H and O–H groups in total. The molecule has 1 aliphatic rings. The van der Waals surface area contributed by atoms with Crippen LogP contribution < -0.4 is 5.32 Å². The summed E-state index contributed by atoms with van der Waals surface area (Å²) in [5.41, 5.74) is -1.28. The first kappa shape index (κ1) is 14.0. The minimum Gasteiger partial charge on any atom is -0.480 e. The van der Waals surface area contributed by atoms with E-state index in [0.717, 1.165) is 6.26 Å². The van der Waals surface area contributed by atoms with Crippen molar-refractivity contribution in [3.63, 3.8) is 0 Å². The Morgan fingerprint density at radius 1 is 1.29 bits per heavy atom. The minimum atomic E-state index is -3.59. The second-order valence-corrected chi connectivity index (χ2v) is 7.54. The molecular weight excluding hydrogens is 246 g/mol. The highest BCUT2D eigenvalue weighted by molar-refractivity contribution is 7.92. The molecule has 98 valence electrons. The summed E-state index contributed by atoms with van der Waals surface area (Å²) in [6, 6.07) is 0. The topological polar surface area (TPSA) is 101 Å². The van der Waals surface area contributed by atoms with Gasteiger partial charge >= 0.3 is 5.97 Å². The van der Waals surface area contributed by atoms with Crippen LogP contribution in [0.5, 0.6) is 0 Å². The van der Waals surface area contributed by atoms with Gasteiger partial charge in [0, 0.05) is 6.26 Å². The Hall–Kier alpha value is -1.11. The second-order valence-electron chi connectivity index (χ2n) is 4.98. The monoisotopic (exact) mass is 263 g/mol. The lowest BCUT2D eigenvalue weighted by Gasteiger charge is -2.40. The molecule has 7 heteroatoms. The van der Waals surface area contributed by atoms with Gasteiger partial charge in [0.2, 0.25) is 5.91 Å². The van der Waals surface area contributed by atoms with E-state index in [2.05, 4.69) is 5.32 Å². The summed E-state index contributed by atoms with van der Waals surface area (Å²) in [5.74, 6) is -1.87. The Bertz CT molecular complexity index is 447. The van der Waals surface area contributed by atoms with Gasteiger partial charge in [0.25, 0.3) is 0 Å². The van der Waals surface area contributed by atoms with Crippen LogP contribution in [0.15, 0.2) is 0 Å². The highest BCUT2D eigenvalue weighted by Crippen LogP contribution is 2.33. The molecule has 0 unspecified atom stereocenters. The van der Waals surface area contributed by atoms with Gasteiger partial charge in [0.1, 0.15) is 10.3 Å². The van der Waals surface area contributed by atoms with E-state index in [1.165, 1.54) is 13.8 Å². The van der Waals surface area contributed by atoms with Crippen molar-refractivity contribution in [2.75, 3.05) is 6.26 Å². The van der Waals surface area contributed by atoms with Gasteiger partial charge in [-0.15, -0.1) is 0 Å². The Morgan fingerprint density at radius 2 is 1.76 bits per heavy atom. The highest BCUT2D eigenvalue weighted by atomic mass is 32.2. The number of aliphatic carboxylic acids is 1. The van der Waals surface area contributed by atoms with Crippen LogP contribution in [0.25, 0.3) is 0 Å². The fraction of sp³-hybridized carbons (Fsp3) is 0.800. The van der Waals surface area contributed by atoms with E-state index in [1.807, 2.05) is 0 Å². The lowest BCUT2D eigenvalue weighted by Crippen LogP contribution is -2.63. The van der Waals surface area contributed by atoms with E-state index in [-0.39, 0.29) is 0 Å². The zero-order valence-electron chi connectivity index (χ0n) is 10.1. The molecule has 1 aliphatic carbocycles. The Balaban J connectivity index is 2.90. The van der Waals surface area contributed by atoms with Gasteiger partial charge in [-0.2, -0.15) is 0 Å². The zero-order valence-corrected chi connectivity index (χ0v) is 10.9. The van der Waals surface area contributed by atoms with Gasteiger partial charge in [-0.25, -0.2) is 13.2 Å². The normalized spacial score (nSPS) is 19.2. The summed E-state index contributed by atoms with van der Waals surface area (Å²) >= 11 is 0. The minimum absolute atomic E-state index is 0.341. The average Bonchev–Trinajstić information content (AvgIpc) is 2.07. The third-order valence-electron chi connectivity index (χ3n) is 3.44. The van der Waals surface area contributed by atoms with Crippen LogP contribution in [0.4, 0.5) is 0 Å². The molecule has 0 spiro atoms. The van der Waals surface area contributed by atoms with Gasteiger partial charge in [-0.3, -0.25) is 4.79 Å². The third-order valence-corrected chi connectivity index (χ3v) is 5.48. The number of sulfone groups is 1. The van der Waals surface area contributed by atoms with Crippen molar-refractivity contribution in [2.45, 2.75) is 43.4 Å². The molecular formula is C10H17NO5S. The molecule has 1 rings (SSSR count). The van der Waals surface area contributed by atoms with Crippen molar-refractivity contribution in [1.82, 2.24) is 5.32 Å². The number of amides is 1. The number of rotatable bonds is 4.